The van der Waals surface area contributed by atoms with Gasteiger partial charge in [-0.25, -0.2) is 0 Å². The zero-order valence-electron chi connectivity index (χ0n) is 14.5. The molecule has 21 heavy (non-hydrogen) atoms. The van der Waals surface area contributed by atoms with Crippen LogP contribution in [-0.2, 0) is 0 Å². The Labute approximate surface area is 131 Å². The Kier molecular flexibility index (Phi) is 4.46. The molecule has 0 radical (unpaired) electrons. The molecule has 2 saturated carbocycles. The second kappa shape index (κ2) is 5.57. The molecule has 0 aromatic carbocycles. The van der Waals surface area contributed by atoms with Gasteiger partial charge in [-0.05, 0) is 68.1 Å². The van der Waals surface area contributed by atoms with Crippen LogP contribution in [0.4, 0.5) is 0 Å². The first-order valence-electron chi connectivity index (χ1n) is 8.66. The molecule has 0 heterocycles. The molecule has 2 aliphatic rings. The summed E-state index contributed by atoms with van der Waals surface area (Å²) in [6.45, 7) is 17.3. The van der Waals surface area contributed by atoms with Crippen molar-refractivity contribution in [1.82, 2.24) is 0 Å². The molecule has 120 valence electrons. The molecule has 0 aromatic heterocycles. The molecule has 0 aliphatic heterocycles. The van der Waals surface area contributed by atoms with E-state index in [-0.39, 0.29) is 5.41 Å². The lowest BCUT2D eigenvalue weighted by molar-refractivity contribution is -0.168. The third-order valence-electron chi connectivity index (χ3n) is 6.80. The number of fused-ring (bicyclic) bond motifs is 1. The van der Waals surface area contributed by atoms with Crippen molar-refractivity contribution in [3.05, 3.63) is 24.8 Å². The van der Waals surface area contributed by atoms with E-state index in [1.807, 2.05) is 6.08 Å². The van der Waals surface area contributed by atoms with Gasteiger partial charge in [0.1, 0.15) is 0 Å². The van der Waals surface area contributed by atoms with Crippen LogP contribution >= 0.6 is 0 Å². The number of hydrogen-bond acceptors (Lipinski definition) is 1. The van der Waals surface area contributed by atoms with Crippen molar-refractivity contribution in [3.63, 3.8) is 0 Å². The van der Waals surface area contributed by atoms with Crippen LogP contribution in [0.25, 0.3) is 0 Å². The Morgan fingerprint density at radius 2 is 1.86 bits per heavy atom. The summed E-state index contributed by atoms with van der Waals surface area (Å²) >= 11 is 0. The third-order valence-corrected chi connectivity index (χ3v) is 6.80. The number of hydrogen-bond donors (Lipinski definition) is 1. The predicted molar refractivity (Wildman–Crippen MR) is 91.1 cm³/mol. The standard InChI is InChI=1S/C20H34O/c1-7-15(2)9-10-17-19(5)13-8-12-18(3,4)16(19)11-14-20(17,6)21/h7,16-17,21H,1-2,8-14H2,3-6H3/t16-,17+,19-,20-/m1/s1. The highest BCUT2D eigenvalue weighted by molar-refractivity contribution is 5.13. The maximum absolute atomic E-state index is 11.0. The Morgan fingerprint density at radius 3 is 2.48 bits per heavy atom. The smallest absolute Gasteiger partial charge is 0.0653 e. The lowest BCUT2D eigenvalue weighted by Gasteiger charge is -2.61. The summed E-state index contributed by atoms with van der Waals surface area (Å²) in [4.78, 5) is 0. The van der Waals surface area contributed by atoms with Gasteiger partial charge >= 0.3 is 0 Å². The van der Waals surface area contributed by atoms with Gasteiger partial charge in [0.25, 0.3) is 0 Å². The Bertz CT molecular complexity index is 418. The number of allylic oxidation sites excluding steroid dienone is 2. The molecule has 0 unspecified atom stereocenters. The maximum atomic E-state index is 11.0. The minimum atomic E-state index is -0.528. The van der Waals surface area contributed by atoms with Crippen molar-refractivity contribution >= 4 is 0 Å². The van der Waals surface area contributed by atoms with E-state index >= 15 is 0 Å². The summed E-state index contributed by atoms with van der Waals surface area (Å²) in [5, 5.41) is 11.0. The minimum absolute atomic E-state index is 0.269. The lowest BCUT2D eigenvalue weighted by Crippen LogP contribution is -2.57. The van der Waals surface area contributed by atoms with E-state index in [1.54, 1.807) is 0 Å². The van der Waals surface area contributed by atoms with Gasteiger partial charge in [-0.2, -0.15) is 0 Å². The van der Waals surface area contributed by atoms with Crippen LogP contribution in [0.5, 0.6) is 0 Å². The zero-order chi connectivity index (χ0) is 15.9. The molecule has 2 rings (SSSR count). The molecule has 1 N–H and O–H groups in total. The van der Waals surface area contributed by atoms with Crippen LogP contribution in [-0.4, -0.2) is 10.7 Å². The van der Waals surface area contributed by atoms with Crippen LogP contribution in [0.15, 0.2) is 24.8 Å². The van der Waals surface area contributed by atoms with Crippen molar-refractivity contribution < 1.29 is 5.11 Å². The fraction of sp³-hybridized carbons (Fsp3) is 0.800. The second-order valence-electron chi connectivity index (χ2n) is 8.75. The Hall–Kier alpha value is -0.560. The lowest BCUT2D eigenvalue weighted by atomic mass is 9.45. The molecule has 1 heteroatoms. The van der Waals surface area contributed by atoms with Crippen molar-refractivity contribution in [3.8, 4) is 0 Å². The summed E-state index contributed by atoms with van der Waals surface area (Å²) in [5.41, 5.74) is 1.26. The van der Waals surface area contributed by atoms with Gasteiger partial charge in [-0.1, -0.05) is 52.0 Å². The van der Waals surface area contributed by atoms with Gasteiger partial charge < -0.3 is 5.11 Å². The normalized spacial score (nSPS) is 42.1. The van der Waals surface area contributed by atoms with Crippen LogP contribution < -0.4 is 0 Å². The third kappa shape index (κ3) is 2.99. The topological polar surface area (TPSA) is 20.2 Å². The van der Waals surface area contributed by atoms with Gasteiger partial charge in [0.05, 0.1) is 5.60 Å². The molecule has 0 saturated heterocycles. The average molecular weight is 290 g/mol. The van der Waals surface area contributed by atoms with Crippen molar-refractivity contribution in [2.24, 2.45) is 22.7 Å². The summed E-state index contributed by atoms with van der Waals surface area (Å²) in [7, 11) is 0. The van der Waals surface area contributed by atoms with Crippen molar-refractivity contribution in [2.45, 2.75) is 78.2 Å². The summed E-state index contributed by atoms with van der Waals surface area (Å²) in [5.74, 6) is 1.11. The first kappa shape index (κ1) is 16.8. The van der Waals surface area contributed by atoms with Crippen molar-refractivity contribution in [1.29, 1.82) is 0 Å². The average Bonchev–Trinajstić information content (AvgIpc) is 2.35. The predicted octanol–water partition coefficient (Wildman–Crippen LogP) is 5.50. The van der Waals surface area contributed by atoms with E-state index in [0.29, 0.717) is 11.3 Å². The summed E-state index contributed by atoms with van der Waals surface area (Å²) < 4.78 is 0. The van der Waals surface area contributed by atoms with Crippen LogP contribution in [0.1, 0.15) is 72.6 Å². The molecule has 1 nitrogen and oxygen atoms in total. The van der Waals surface area contributed by atoms with Gasteiger partial charge in [-0.3, -0.25) is 0 Å². The van der Waals surface area contributed by atoms with E-state index in [9.17, 15) is 5.11 Å². The number of rotatable bonds is 4. The molecule has 2 aliphatic carbocycles. The molecule has 0 amide bonds. The molecular weight excluding hydrogens is 256 g/mol. The summed E-state index contributed by atoms with van der Waals surface area (Å²) in [6, 6.07) is 0. The first-order valence-corrected chi connectivity index (χ1v) is 8.66. The highest BCUT2D eigenvalue weighted by Gasteiger charge is 2.57. The van der Waals surface area contributed by atoms with Gasteiger partial charge in [0.2, 0.25) is 0 Å². The van der Waals surface area contributed by atoms with Crippen molar-refractivity contribution in [2.75, 3.05) is 0 Å². The summed E-state index contributed by atoms with van der Waals surface area (Å²) in [6.07, 6.45) is 9.90. The van der Waals surface area contributed by atoms with E-state index in [2.05, 4.69) is 40.9 Å². The van der Waals surface area contributed by atoms with E-state index in [4.69, 9.17) is 0 Å². The Morgan fingerprint density at radius 1 is 1.19 bits per heavy atom. The first-order chi connectivity index (χ1) is 9.63. The Balaban J connectivity index is 2.28. The number of aliphatic hydroxyl groups is 1. The highest BCUT2D eigenvalue weighted by atomic mass is 16.3. The highest BCUT2D eigenvalue weighted by Crippen LogP contribution is 2.62. The second-order valence-corrected chi connectivity index (χ2v) is 8.75. The molecule has 0 spiro atoms. The fourth-order valence-corrected chi connectivity index (χ4v) is 5.70. The van der Waals surface area contributed by atoms with Crippen LogP contribution in [0.3, 0.4) is 0 Å². The quantitative estimate of drug-likeness (QED) is 0.678. The molecule has 0 bridgehead atoms. The van der Waals surface area contributed by atoms with Crippen LogP contribution in [0.2, 0.25) is 0 Å². The van der Waals surface area contributed by atoms with E-state index < -0.39 is 5.60 Å². The van der Waals surface area contributed by atoms with Gasteiger partial charge in [0, 0.05) is 0 Å². The zero-order valence-corrected chi connectivity index (χ0v) is 14.5. The fourth-order valence-electron chi connectivity index (χ4n) is 5.70. The maximum Gasteiger partial charge on any atom is 0.0653 e. The minimum Gasteiger partial charge on any atom is -0.390 e. The van der Waals surface area contributed by atoms with Gasteiger partial charge in [-0.15, -0.1) is 0 Å². The van der Waals surface area contributed by atoms with Crippen LogP contribution in [0, 0.1) is 22.7 Å². The SMILES string of the molecule is C=CC(=C)CC[C@H]1[C@]2(C)CCCC(C)(C)[C@H]2CC[C@@]1(C)O. The molecule has 0 aromatic rings. The molecular formula is C20H34O. The van der Waals surface area contributed by atoms with Gasteiger partial charge in [0.15, 0.2) is 0 Å². The largest absolute Gasteiger partial charge is 0.390 e. The molecule has 4 atom stereocenters. The molecule has 2 fully saturated rings. The van der Waals surface area contributed by atoms with E-state index in [1.165, 1.54) is 25.7 Å². The van der Waals surface area contributed by atoms with E-state index in [0.717, 1.165) is 30.8 Å². The monoisotopic (exact) mass is 290 g/mol.